The zero-order valence-electron chi connectivity index (χ0n) is 13.8. The van der Waals surface area contributed by atoms with Gasteiger partial charge in [0.05, 0.1) is 7.11 Å². The van der Waals surface area contributed by atoms with Crippen LogP contribution in [0.5, 0.6) is 5.75 Å². The molecule has 1 atom stereocenters. The predicted molar refractivity (Wildman–Crippen MR) is 93.7 cm³/mol. The fraction of sp³-hybridized carbons (Fsp3) is 0.500. The molecule has 0 spiro atoms. The molecule has 22 heavy (non-hydrogen) atoms. The Morgan fingerprint density at radius 2 is 2.14 bits per heavy atom. The zero-order chi connectivity index (χ0) is 15.4. The predicted octanol–water partition coefficient (Wildman–Crippen LogP) is 4.51. The van der Waals surface area contributed by atoms with E-state index >= 15 is 0 Å². The van der Waals surface area contributed by atoms with Gasteiger partial charge in [0.1, 0.15) is 5.75 Å². The molecule has 0 bridgehead atoms. The van der Waals surface area contributed by atoms with E-state index in [1.54, 1.807) is 7.11 Å². The third-order valence-electron chi connectivity index (χ3n) is 4.84. The van der Waals surface area contributed by atoms with Gasteiger partial charge >= 0.3 is 0 Å². The van der Waals surface area contributed by atoms with Crippen LogP contribution in [-0.4, -0.2) is 31.6 Å². The molecule has 0 radical (unpaired) electrons. The molecule has 118 valence electrons. The van der Waals surface area contributed by atoms with Crippen LogP contribution in [0.15, 0.2) is 36.4 Å². The van der Waals surface area contributed by atoms with Crippen molar-refractivity contribution in [1.29, 1.82) is 0 Å². The molecule has 1 fully saturated rings. The van der Waals surface area contributed by atoms with Crippen LogP contribution >= 0.6 is 0 Å². The van der Waals surface area contributed by atoms with Gasteiger partial charge in [0, 0.05) is 6.54 Å². The highest BCUT2D eigenvalue weighted by atomic mass is 16.5. The van der Waals surface area contributed by atoms with E-state index in [9.17, 15) is 0 Å². The molecule has 2 aromatic rings. The van der Waals surface area contributed by atoms with Gasteiger partial charge in [0.25, 0.3) is 0 Å². The van der Waals surface area contributed by atoms with Gasteiger partial charge in [-0.15, -0.1) is 0 Å². The van der Waals surface area contributed by atoms with Crippen LogP contribution in [0.4, 0.5) is 0 Å². The second-order valence-corrected chi connectivity index (χ2v) is 6.66. The molecule has 1 heterocycles. The number of likely N-dealkylation sites (tertiary alicyclic amines) is 1. The maximum atomic E-state index is 5.33. The van der Waals surface area contributed by atoms with Crippen molar-refractivity contribution in [3.63, 3.8) is 0 Å². The Morgan fingerprint density at radius 3 is 2.95 bits per heavy atom. The van der Waals surface area contributed by atoms with Crippen molar-refractivity contribution >= 4 is 10.8 Å². The monoisotopic (exact) mass is 297 g/mol. The van der Waals surface area contributed by atoms with E-state index in [-0.39, 0.29) is 0 Å². The highest BCUT2D eigenvalue weighted by Gasteiger charge is 2.15. The van der Waals surface area contributed by atoms with Crippen LogP contribution in [-0.2, 0) is 6.42 Å². The lowest BCUT2D eigenvalue weighted by molar-refractivity contribution is 0.182. The molecule has 0 N–H and O–H groups in total. The number of ether oxygens (including phenoxy) is 1. The quantitative estimate of drug-likeness (QED) is 0.805. The molecule has 3 rings (SSSR count). The Hall–Kier alpha value is -1.54. The number of methoxy groups -OCH3 is 1. The molecule has 1 saturated heterocycles. The van der Waals surface area contributed by atoms with Gasteiger partial charge in [-0.25, -0.2) is 0 Å². The summed E-state index contributed by atoms with van der Waals surface area (Å²) in [6, 6.07) is 13.0. The van der Waals surface area contributed by atoms with Crippen LogP contribution < -0.4 is 4.74 Å². The normalized spacial score (nSPS) is 19.5. The van der Waals surface area contributed by atoms with Gasteiger partial charge in [-0.3, -0.25) is 0 Å². The summed E-state index contributed by atoms with van der Waals surface area (Å²) in [6.45, 7) is 6.19. The molecule has 2 aromatic carbocycles. The maximum Gasteiger partial charge on any atom is 0.119 e. The average Bonchev–Trinajstić information content (AvgIpc) is 2.54. The maximum absolute atomic E-state index is 5.33. The lowest BCUT2D eigenvalue weighted by atomic mass is 9.98. The number of nitrogens with zero attached hydrogens (tertiary/aromatic N) is 1. The number of hydrogen-bond donors (Lipinski definition) is 0. The van der Waals surface area contributed by atoms with E-state index in [2.05, 4.69) is 48.2 Å². The fourth-order valence-electron chi connectivity index (χ4n) is 3.66. The van der Waals surface area contributed by atoms with Crippen LogP contribution in [0.3, 0.4) is 0 Å². The molecular weight excluding hydrogens is 270 g/mol. The van der Waals surface area contributed by atoms with Gasteiger partial charge in [0.2, 0.25) is 0 Å². The lowest BCUT2D eigenvalue weighted by Crippen LogP contribution is -2.35. The van der Waals surface area contributed by atoms with Gasteiger partial charge in [-0.05, 0) is 73.2 Å². The summed E-state index contributed by atoms with van der Waals surface area (Å²) in [7, 11) is 1.73. The Kier molecular flexibility index (Phi) is 4.99. The summed E-state index contributed by atoms with van der Waals surface area (Å²) in [5, 5.41) is 2.65. The van der Waals surface area contributed by atoms with E-state index < -0.39 is 0 Å². The Morgan fingerprint density at radius 1 is 1.23 bits per heavy atom. The fourth-order valence-corrected chi connectivity index (χ4v) is 3.66. The second-order valence-electron chi connectivity index (χ2n) is 6.66. The molecular formula is C20H27NO. The minimum atomic E-state index is 0.874. The highest BCUT2D eigenvalue weighted by Crippen LogP contribution is 2.25. The third kappa shape index (κ3) is 3.61. The number of aryl methyl sites for hydroxylation is 1. The van der Waals surface area contributed by atoms with E-state index in [0.29, 0.717) is 0 Å². The number of piperidine rings is 1. The first-order chi connectivity index (χ1) is 10.8. The van der Waals surface area contributed by atoms with Crippen molar-refractivity contribution < 1.29 is 4.74 Å². The standard InChI is InChI=1S/C20H27NO/c1-16-6-4-12-21(15-16)13-5-9-17-7-3-8-18-14-19(22-2)10-11-20(17)18/h3,7-8,10-11,14,16H,4-6,9,12-13,15H2,1-2H3/t16-/m1/s1. The van der Waals surface area contributed by atoms with Crippen LogP contribution in [0, 0.1) is 5.92 Å². The first-order valence-corrected chi connectivity index (χ1v) is 8.54. The Bertz CT molecular complexity index is 622. The van der Waals surface area contributed by atoms with Crippen LogP contribution in [0.25, 0.3) is 10.8 Å². The molecule has 0 amide bonds. The summed E-state index contributed by atoms with van der Waals surface area (Å²) < 4.78 is 5.33. The van der Waals surface area contributed by atoms with Gasteiger partial charge in [-0.1, -0.05) is 31.2 Å². The minimum absolute atomic E-state index is 0.874. The van der Waals surface area contributed by atoms with Gasteiger partial charge in [0.15, 0.2) is 0 Å². The molecule has 0 aromatic heterocycles. The third-order valence-corrected chi connectivity index (χ3v) is 4.84. The van der Waals surface area contributed by atoms with E-state index in [1.165, 1.54) is 55.2 Å². The largest absolute Gasteiger partial charge is 0.497 e. The van der Waals surface area contributed by atoms with Crippen molar-refractivity contribution in [3.8, 4) is 5.75 Å². The second kappa shape index (κ2) is 7.15. The smallest absolute Gasteiger partial charge is 0.119 e. The molecule has 0 aliphatic carbocycles. The van der Waals surface area contributed by atoms with Crippen molar-refractivity contribution in [3.05, 3.63) is 42.0 Å². The number of benzene rings is 2. The molecule has 0 unspecified atom stereocenters. The van der Waals surface area contributed by atoms with Gasteiger partial charge in [-0.2, -0.15) is 0 Å². The summed E-state index contributed by atoms with van der Waals surface area (Å²) in [5.41, 5.74) is 1.46. The number of rotatable bonds is 5. The zero-order valence-corrected chi connectivity index (χ0v) is 13.8. The SMILES string of the molecule is COc1ccc2c(CCCN3CCC[C@@H](C)C3)cccc2c1. The molecule has 2 heteroatoms. The van der Waals surface area contributed by atoms with Crippen molar-refractivity contribution in [2.24, 2.45) is 5.92 Å². The Balaban J connectivity index is 1.64. The topological polar surface area (TPSA) is 12.5 Å². The highest BCUT2D eigenvalue weighted by molar-refractivity contribution is 5.87. The number of hydrogen-bond acceptors (Lipinski definition) is 2. The molecule has 0 saturated carbocycles. The Labute approximate surface area is 134 Å². The summed E-state index contributed by atoms with van der Waals surface area (Å²) >= 11 is 0. The van der Waals surface area contributed by atoms with Gasteiger partial charge < -0.3 is 9.64 Å². The lowest BCUT2D eigenvalue weighted by Gasteiger charge is -2.30. The van der Waals surface area contributed by atoms with Crippen LogP contribution in [0.2, 0.25) is 0 Å². The van der Waals surface area contributed by atoms with Crippen molar-refractivity contribution in [1.82, 2.24) is 4.90 Å². The van der Waals surface area contributed by atoms with E-state index in [4.69, 9.17) is 4.74 Å². The van der Waals surface area contributed by atoms with Crippen molar-refractivity contribution in [2.75, 3.05) is 26.7 Å². The first kappa shape index (κ1) is 15.4. The summed E-state index contributed by atoms with van der Waals surface area (Å²) in [5.74, 6) is 1.81. The van der Waals surface area contributed by atoms with Crippen molar-refractivity contribution in [2.45, 2.75) is 32.6 Å². The average molecular weight is 297 g/mol. The summed E-state index contributed by atoms with van der Waals surface area (Å²) in [6.07, 6.45) is 5.18. The van der Waals surface area contributed by atoms with E-state index in [1.807, 2.05) is 0 Å². The number of fused-ring (bicyclic) bond motifs is 1. The first-order valence-electron chi connectivity index (χ1n) is 8.54. The molecule has 1 aliphatic heterocycles. The van der Waals surface area contributed by atoms with Crippen LogP contribution in [0.1, 0.15) is 31.7 Å². The summed E-state index contributed by atoms with van der Waals surface area (Å²) in [4.78, 5) is 2.64. The van der Waals surface area contributed by atoms with E-state index in [0.717, 1.165) is 18.1 Å². The molecule has 1 aliphatic rings. The molecule has 2 nitrogen and oxygen atoms in total. The minimum Gasteiger partial charge on any atom is -0.497 e.